The first-order chi connectivity index (χ1) is 9.70. The third kappa shape index (κ3) is 2.57. The van der Waals surface area contributed by atoms with Gasteiger partial charge in [0.25, 0.3) is 0 Å². The quantitative estimate of drug-likeness (QED) is 0.897. The lowest BCUT2D eigenvalue weighted by Crippen LogP contribution is -2.33. The predicted octanol–water partition coefficient (Wildman–Crippen LogP) is 2.83. The van der Waals surface area contributed by atoms with Crippen LogP contribution in [0.4, 0.5) is 4.39 Å². The molecular weight excluding hydrogens is 255 g/mol. The molecule has 20 heavy (non-hydrogen) atoms. The molecule has 2 fully saturated rings. The van der Waals surface area contributed by atoms with Gasteiger partial charge >= 0.3 is 0 Å². The number of benzene rings is 1. The van der Waals surface area contributed by atoms with E-state index in [0.29, 0.717) is 11.5 Å². The summed E-state index contributed by atoms with van der Waals surface area (Å²) < 4.78 is 14.0. The highest BCUT2D eigenvalue weighted by molar-refractivity contribution is 5.84. The molecule has 1 heterocycles. The Kier molecular flexibility index (Phi) is 3.74. The Labute approximate surface area is 119 Å². The fourth-order valence-corrected chi connectivity index (χ4v) is 2.90. The van der Waals surface area contributed by atoms with Crippen molar-refractivity contribution >= 4 is 5.91 Å². The van der Waals surface area contributed by atoms with Gasteiger partial charge in [-0.25, -0.2) is 4.39 Å². The van der Waals surface area contributed by atoms with Crippen LogP contribution < -0.4 is 5.32 Å². The molecule has 1 aromatic rings. The second kappa shape index (κ2) is 5.52. The number of nitrogens with one attached hydrogen (secondary N) is 1. The summed E-state index contributed by atoms with van der Waals surface area (Å²) in [6, 6.07) is 6.58. The number of halogens is 1. The lowest BCUT2D eigenvalue weighted by Gasteiger charge is -2.24. The summed E-state index contributed by atoms with van der Waals surface area (Å²) in [4.78, 5) is 14.3. The maximum atomic E-state index is 14.0. The van der Waals surface area contributed by atoms with Crippen molar-refractivity contribution in [2.24, 2.45) is 5.92 Å². The van der Waals surface area contributed by atoms with Gasteiger partial charge in [-0.15, -0.1) is 0 Å². The van der Waals surface area contributed by atoms with Gasteiger partial charge in [-0.05, 0) is 31.2 Å². The minimum absolute atomic E-state index is 0.131. The van der Waals surface area contributed by atoms with Crippen LogP contribution in [0.3, 0.4) is 0 Å². The molecule has 2 atom stereocenters. The fraction of sp³-hybridized carbons (Fsp3) is 0.562. The summed E-state index contributed by atoms with van der Waals surface area (Å²) in [7, 11) is 0. The molecule has 1 aromatic carbocycles. The number of carbonyl (C=O) groups excluding carboxylic acids is 1. The topological polar surface area (TPSA) is 32.3 Å². The Hall–Kier alpha value is -1.42. The van der Waals surface area contributed by atoms with Crippen molar-refractivity contribution in [3.8, 4) is 0 Å². The lowest BCUT2D eigenvalue weighted by molar-refractivity contribution is -0.130. The first-order valence-electron chi connectivity index (χ1n) is 7.51. The van der Waals surface area contributed by atoms with Crippen LogP contribution in [0.15, 0.2) is 24.3 Å². The molecule has 1 saturated carbocycles. The third-order valence-electron chi connectivity index (χ3n) is 4.18. The molecule has 3 nitrogen and oxygen atoms in total. The molecule has 108 valence electrons. The van der Waals surface area contributed by atoms with Gasteiger partial charge in [0, 0.05) is 12.1 Å². The van der Waals surface area contributed by atoms with Gasteiger partial charge in [0.2, 0.25) is 5.91 Å². The van der Waals surface area contributed by atoms with E-state index in [2.05, 4.69) is 12.2 Å². The molecule has 0 aromatic heterocycles. The summed E-state index contributed by atoms with van der Waals surface area (Å²) in [5, 5.41) is 3.32. The van der Waals surface area contributed by atoms with Crippen molar-refractivity contribution in [2.45, 2.75) is 44.8 Å². The summed E-state index contributed by atoms with van der Waals surface area (Å²) in [5.41, 5.74) is 0.583. The molecule has 1 N–H and O–H groups in total. The van der Waals surface area contributed by atoms with Gasteiger partial charge < -0.3 is 4.90 Å². The van der Waals surface area contributed by atoms with Crippen LogP contribution in [0.1, 0.15) is 44.3 Å². The minimum Gasteiger partial charge on any atom is -0.321 e. The summed E-state index contributed by atoms with van der Waals surface area (Å²) in [6.45, 7) is 2.82. The number of hydrogen-bond acceptors (Lipinski definition) is 2. The van der Waals surface area contributed by atoms with E-state index < -0.39 is 0 Å². The van der Waals surface area contributed by atoms with E-state index in [1.54, 1.807) is 12.1 Å². The monoisotopic (exact) mass is 276 g/mol. The Bertz CT molecular complexity index is 501. The van der Waals surface area contributed by atoms with Crippen molar-refractivity contribution in [1.29, 1.82) is 0 Å². The number of amides is 1. The van der Waals surface area contributed by atoms with Crippen LogP contribution in [0.25, 0.3) is 0 Å². The minimum atomic E-state index is -0.305. The first kappa shape index (κ1) is 13.6. The average Bonchev–Trinajstić information content (AvgIpc) is 3.20. The Morgan fingerprint density at radius 2 is 2.10 bits per heavy atom. The Morgan fingerprint density at radius 3 is 2.75 bits per heavy atom. The zero-order chi connectivity index (χ0) is 14.1. The highest BCUT2D eigenvalue weighted by atomic mass is 19.1. The van der Waals surface area contributed by atoms with Crippen LogP contribution in [-0.2, 0) is 4.79 Å². The van der Waals surface area contributed by atoms with E-state index in [0.717, 1.165) is 19.4 Å². The van der Waals surface area contributed by atoms with Gasteiger partial charge in [0.1, 0.15) is 12.0 Å². The number of carbonyl (C=O) groups is 1. The van der Waals surface area contributed by atoms with Crippen molar-refractivity contribution in [3.63, 3.8) is 0 Å². The van der Waals surface area contributed by atoms with E-state index in [1.165, 1.54) is 18.9 Å². The van der Waals surface area contributed by atoms with Crippen LogP contribution in [0.5, 0.6) is 0 Å². The van der Waals surface area contributed by atoms with Gasteiger partial charge in [0.05, 0.1) is 6.04 Å². The largest absolute Gasteiger partial charge is 0.321 e. The van der Waals surface area contributed by atoms with Gasteiger partial charge in [-0.2, -0.15) is 0 Å². The lowest BCUT2D eigenvalue weighted by atomic mass is 10.1. The number of rotatable bonds is 5. The highest BCUT2D eigenvalue weighted by Crippen LogP contribution is 2.35. The van der Waals surface area contributed by atoms with Gasteiger partial charge in [0.15, 0.2) is 0 Å². The molecule has 4 heteroatoms. The normalized spacial score (nSPS) is 26.3. The summed E-state index contributed by atoms with van der Waals surface area (Å²) in [6.07, 6.45) is 3.83. The van der Waals surface area contributed by atoms with E-state index in [-0.39, 0.29) is 23.9 Å². The predicted molar refractivity (Wildman–Crippen MR) is 75.4 cm³/mol. The molecule has 2 unspecified atom stereocenters. The first-order valence-corrected chi connectivity index (χ1v) is 7.51. The Balaban J connectivity index is 1.86. The van der Waals surface area contributed by atoms with E-state index in [1.807, 2.05) is 11.0 Å². The third-order valence-corrected chi connectivity index (χ3v) is 4.18. The highest BCUT2D eigenvalue weighted by Gasteiger charge is 2.42. The molecule has 1 aliphatic heterocycles. The van der Waals surface area contributed by atoms with Crippen LogP contribution in [-0.4, -0.2) is 23.4 Å². The second-order valence-electron chi connectivity index (χ2n) is 5.87. The molecule has 0 bridgehead atoms. The smallest absolute Gasteiger partial charge is 0.241 e. The molecule has 3 rings (SSSR count). The Morgan fingerprint density at radius 1 is 1.35 bits per heavy atom. The maximum absolute atomic E-state index is 14.0. The van der Waals surface area contributed by atoms with Crippen molar-refractivity contribution in [1.82, 2.24) is 10.2 Å². The van der Waals surface area contributed by atoms with Crippen molar-refractivity contribution in [2.75, 3.05) is 6.54 Å². The summed E-state index contributed by atoms with van der Waals surface area (Å²) in [5.74, 6) is 0.498. The molecule has 2 aliphatic rings. The zero-order valence-corrected chi connectivity index (χ0v) is 11.8. The molecular formula is C16H21FN2O. The van der Waals surface area contributed by atoms with Crippen LogP contribution in [0, 0.1) is 11.7 Å². The number of hydrogen-bond donors (Lipinski definition) is 1. The van der Waals surface area contributed by atoms with Crippen molar-refractivity contribution < 1.29 is 9.18 Å². The second-order valence-corrected chi connectivity index (χ2v) is 5.87. The van der Waals surface area contributed by atoms with Gasteiger partial charge in [-0.1, -0.05) is 31.5 Å². The van der Waals surface area contributed by atoms with Crippen molar-refractivity contribution in [3.05, 3.63) is 35.6 Å². The molecule has 0 radical (unpaired) electrons. The van der Waals surface area contributed by atoms with Crippen LogP contribution >= 0.6 is 0 Å². The van der Waals surface area contributed by atoms with Gasteiger partial charge in [-0.3, -0.25) is 10.1 Å². The molecule has 0 spiro atoms. The maximum Gasteiger partial charge on any atom is 0.241 e. The number of nitrogens with zero attached hydrogens (tertiary/aromatic N) is 1. The fourth-order valence-electron chi connectivity index (χ4n) is 2.90. The SMILES string of the molecule is CCCC1NC(c2ccccc2F)N(CC2CC2)C1=O. The standard InChI is InChI=1S/C16H21FN2O/c1-2-5-14-16(20)19(10-11-8-9-11)15(18-14)12-6-3-4-7-13(12)17/h3-4,6-7,11,14-15,18H,2,5,8-10H2,1H3. The average molecular weight is 276 g/mol. The molecule has 1 aliphatic carbocycles. The van der Waals surface area contributed by atoms with Crippen LogP contribution in [0.2, 0.25) is 0 Å². The van der Waals surface area contributed by atoms with E-state index in [4.69, 9.17) is 0 Å². The zero-order valence-electron chi connectivity index (χ0n) is 11.8. The molecule has 1 saturated heterocycles. The summed E-state index contributed by atoms with van der Waals surface area (Å²) >= 11 is 0. The molecule has 1 amide bonds. The van der Waals surface area contributed by atoms with E-state index in [9.17, 15) is 9.18 Å². The van der Waals surface area contributed by atoms with E-state index >= 15 is 0 Å².